The highest BCUT2D eigenvalue weighted by atomic mass is 31.1. The van der Waals surface area contributed by atoms with Crippen LogP contribution in [0.1, 0.15) is 11.1 Å². The number of hydrogen-bond acceptors (Lipinski definition) is 1. The molecule has 0 aliphatic carbocycles. The summed E-state index contributed by atoms with van der Waals surface area (Å²) in [5.74, 6) is 0. The topological polar surface area (TPSA) is 26.0 Å². The zero-order valence-electron chi connectivity index (χ0n) is 17.1. The molecule has 0 aliphatic heterocycles. The Morgan fingerprint density at radius 1 is 0.500 bits per heavy atom. The SMILES string of the molecule is N[C@H](Cc1ccccc1)[C@@H](Cc1ccccc1)P(c1ccccc1)c1ccccc1. The third-order valence-electron chi connectivity index (χ3n) is 5.50. The molecule has 0 spiro atoms. The summed E-state index contributed by atoms with van der Waals surface area (Å²) in [4.78, 5) is 0. The van der Waals surface area contributed by atoms with Gasteiger partial charge in [-0.2, -0.15) is 0 Å². The van der Waals surface area contributed by atoms with E-state index >= 15 is 0 Å². The molecule has 0 saturated carbocycles. The van der Waals surface area contributed by atoms with E-state index in [4.69, 9.17) is 5.73 Å². The van der Waals surface area contributed by atoms with Crippen molar-refractivity contribution in [3.05, 3.63) is 132 Å². The van der Waals surface area contributed by atoms with E-state index in [-0.39, 0.29) is 6.04 Å². The van der Waals surface area contributed by atoms with E-state index in [1.54, 1.807) is 0 Å². The Kier molecular flexibility index (Phi) is 7.08. The Labute approximate surface area is 181 Å². The molecule has 0 amide bonds. The van der Waals surface area contributed by atoms with E-state index in [0.717, 1.165) is 12.8 Å². The highest BCUT2D eigenvalue weighted by Crippen LogP contribution is 2.43. The first kappa shape index (κ1) is 20.5. The van der Waals surface area contributed by atoms with Crippen LogP contribution in [-0.4, -0.2) is 11.7 Å². The van der Waals surface area contributed by atoms with Crippen LogP contribution < -0.4 is 16.3 Å². The molecule has 0 aliphatic rings. The first-order valence-electron chi connectivity index (χ1n) is 10.5. The maximum atomic E-state index is 6.99. The summed E-state index contributed by atoms with van der Waals surface area (Å²) < 4.78 is 0. The average Bonchev–Trinajstić information content (AvgIpc) is 2.81. The van der Waals surface area contributed by atoms with Crippen molar-refractivity contribution in [3.63, 3.8) is 0 Å². The highest BCUT2D eigenvalue weighted by Gasteiger charge is 2.30. The van der Waals surface area contributed by atoms with Crippen LogP contribution in [0, 0.1) is 0 Å². The Morgan fingerprint density at radius 3 is 1.30 bits per heavy atom. The summed E-state index contributed by atoms with van der Waals surface area (Å²) in [5.41, 5.74) is 9.99. The van der Waals surface area contributed by atoms with Gasteiger partial charge >= 0.3 is 0 Å². The standard InChI is InChI=1S/C28H28NP/c29-27(21-23-13-5-1-6-14-23)28(22-24-15-7-2-8-16-24)30(25-17-9-3-10-18-25)26-19-11-4-12-20-26/h1-20,27-28H,21-22,29H2/t27-,28-/m1/s1. The molecule has 0 saturated heterocycles. The van der Waals surface area contributed by atoms with Gasteiger partial charge in [0.25, 0.3) is 0 Å². The molecule has 1 nitrogen and oxygen atoms in total. The predicted octanol–water partition coefficient (Wildman–Crippen LogP) is 5.30. The normalized spacial score (nSPS) is 13.1. The fourth-order valence-corrected chi connectivity index (χ4v) is 6.95. The van der Waals surface area contributed by atoms with Crippen molar-refractivity contribution in [2.24, 2.45) is 5.73 Å². The molecule has 4 aromatic rings. The monoisotopic (exact) mass is 409 g/mol. The van der Waals surface area contributed by atoms with Crippen molar-refractivity contribution in [2.45, 2.75) is 24.5 Å². The van der Waals surface area contributed by atoms with Gasteiger partial charge in [-0.25, -0.2) is 0 Å². The van der Waals surface area contributed by atoms with Gasteiger partial charge in [0.05, 0.1) is 0 Å². The van der Waals surface area contributed by atoms with E-state index in [9.17, 15) is 0 Å². The van der Waals surface area contributed by atoms with Gasteiger partial charge in [-0.3, -0.25) is 0 Å². The van der Waals surface area contributed by atoms with Crippen LogP contribution in [0.5, 0.6) is 0 Å². The van der Waals surface area contributed by atoms with Crippen molar-refractivity contribution >= 4 is 18.5 Å². The molecule has 2 heteroatoms. The van der Waals surface area contributed by atoms with Gasteiger partial charge in [-0.15, -0.1) is 0 Å². The van der Waals surface area contributed by atoms with Crippen molar-refractivity contribution < 1.29 is 0 Å². The van der Waals surface area contributed by atoms with E-state index < -0.39 is 7.92 Å². The summed E-state index contributed by atoms with van der Waals surface area (Å²) in [6.45, 7) is 0. The van der Waals surface area contributed by atoms with Crippen molar-refractivity contribution in [2.75, 3.05) is 0 Å². The van der Waals surface area contributed by atoms with Gasteiger partial charge in [0, 0.05) is 11.7 Å². The van der Waals surface area contributed by atoms with Crippen molar-refractivity contribution in [1.29, 1.82) is 0 Å². The average molecular weight is 410 g/mol. The second kappa shape index (κ2) is 10.3. The summed E-state index contributed by atoms with van der Waals surface area (Å²) in [6.07, 6.45) is 1.86. The molecule has 0 heterocycles. The van der Waals surface area contributed by atoms with Crippen molar-refractivity contribution in [1.82, 2.24) is 0 Å². The van der Waals surface area contributed by atoms with Gasteiger partial charge in [-0.05, 0) is 42.5 Å². The van der Waals surface area contributed by atoms with E-state index in [1.165, 1.54) is 21.7 Å². The Hall–Kier alpha value is -2.73. The molecular formula is C28H28NP. The largest absolute Gasteiger partial charge is 0.327 e. The molecule has 4 aromatic carbocycles. The quantitative estimate of drug-likeness (QED) is 0.393. The lowest BCUT2D eigenvalue weighted by Crippen LogP contribution is -2.41. The maximum absolute atomic E-state index is 6.99. The molecule has 0 fully saturated rings. The molecule has 150 valence electrons. The van der Waals surface area contributed by atoms with Gasteiger partial charge in [-0.1, -0.05) is 121 Å². The lowest BCUT2D eigenvalue weighted by atomic mass is 9.99. The number of benzene rings is 4. The van der Waals surface area contributed by atoms with Gasteiger partial charge in [0.1, 0.15) is 0 Å². The molecule has 0 bridgehead atoms. The Bertz CT molecular complexity index is 964. The van der Waals surface area contributed by atoms with Crippen LogP contribution in [-0.2, 0) is 12.8 Å². The minimum absolute atomic E-state index is 0.0686. The molecule has 0 unspecified atom stereocenters. The zero-order valence-corrected chi connectivity index (χ0v) is 18.0. The summed E-state index contributed by atoms with van der Waals surface area (Å²) in [5, 5.41) is 2.78. The first-order valence-corrected chi connectivity index (χ1v) is 11.9. The number of rotatable bonds is 8. The second-order valence-electron chi connectivity index (χ2n) is 7.65. The molecule has 0 radical (unpaired) electrons. The zero-order chi connectivity index (χ0) is 20.6. The fourth-order valence-electron chi connectivity index (χ4n) is 4.02. The lowest BCUT2D eigenvalue weighted by Gasteiger charge is -2.33. The lowest BCUT2D eigenvalue weighted by molar-refractivity contribution is 0.621. The summed E-state index contributed by atoms with van der Waals surface area (Å²) in [6, 6.07) is 43.4. The molecule has 4 rings (SSSR count). The van der Waals surface area contributed by atoms with Crippen LogP contribution in [0.2, 0.25) is 0 Å². The van der Waals surface area contributed by atoms with E-state index in [2.05, 4.69) is 121 Å². The van der Waals surface area contributed by atoms with Gasteiger partial charge < -0.3 is 5.73 Å². The summed E-state index contributed by atoms with van der Waals surface area (Å²) >= 11 is 0. The Morgan fingerprint density at radius 2 is 0.867 bits per heavy atom. The second-order valence-corrected chi connectivity index (χ2v) is 10.1. The molecular weight excluding hydrogens is 381 g/mol. The molecule has 30 heavy (non-hydrogen) atoms. The van der Waals surface area contributed by atoms with Crippen LogP contribution >= 0.6 is 7.92 Å². The van der Waals surface area contributed by atoms with Crippen LogP contribution in [0.15, 0.2) is 121 Å². The molecule has 2 atom stereocenters. The third kappa shape index (κ3) is 5.25. The fraction of sp³-hybridized carbons (Fsp3) is 0.143. The smallest absolute Gasteiger partial charge is 0.0157 e. The predicted molar refractivity (Wildman–Crippen MR) is 131 cm³/mol. The van der Waals surface area contributed by atoms with Crippen molar-refractivity contribution in [3.8, 4) is 0 Å². The Balaban J connectivity index is 1.74. The van der Waals surface area contributed by atoms with E-state index in [1.807, 2.05) is 0 Å². The first-order chi connectivity index (χ1) is 14.8. The maximum Gasteiger partial charge on any atom is 0.0157 e. The molecule has 0 aromatic heterocycles. The minimum Gasteiger partial charge on any atom is -0.327 e. The van der Waals surface area contributed by atoms with Crippen LogP contribution in [0.3, 0.4) is 0 Å². The molecule has 2 N–H and O–H groups in total. The van der Waals surface area contributed by atoms with Crippen LogP contribution in [0.25, 0.3) is 0 Å². The summed E-state index contributed by atoms with van der Waals surface area (Å²) in [7, 11) is -0.599. The highest BCUT2D eigenvalue weighted by molar-refractivity contribution is 7.73. The van der Waals surface area contributed by atoms with E-state index in [0.29, 0.717) is 5.66 Å². The number of hydrogen-bond donors (Lipinski definition) is 1. The minimum atomic E-state index is -0.599. The van der Waals surface area contributed by atoms with Crippen LogP contribution in [0.4, 0.5) is 0 Å². The van der Waals surface area contributed by atoms with Gasteiger partial charge in [0.2, 0.25) is 0 Å². The number of nitrogens with two attached hydrogens (primary N) is 1. The van der Waals surface area contributed by atoms with Gasteiger partial charge in [0.15, 0.2) is 0 Å². The third-order valence-corrected chi connectivity index (χ3v) is 8.43.